The molecule has 31 heavy (non-hydrogen) atoms. The molecule has 2 fully saturated rings. The largest absolute Gasteiger partial charge is 0.480 e. The summed E-state index contributed by atoms with van der Waals surface area (Å²) in [5.74, 6) is -1.64. The number of piperidine rings is 1. The topological polar surface area (TPSA) is 105 Å². The molecule has 1 aromatic carbocycles. The van der Waals surface area contributed by atoms with E-state index >= 15 is 0 Å². The number of carboxylic acids is 1. The van der Waals surface area contributed by atoms with Gasteiger partial charge < -0.3 is 24.8 Å². The smallest absolute Gasteiger partial charge is 0.408 e. The van der Waals surface area contributed by atoms with Gasteiger partial charge in [0.25, 0.3) is 0 Å². The van der Waals surface area contributed by atoms with E-state index in [0.717, 1.165) is 5.56 Å². The number of benzene rings is 1. The lowest BCUT2D eigenvalue weighted by molar-refractivity contribution is -0.179. The number of carbonyl (C=O) groups excluding carboxylic acids is 2. The Bertz CT molecular complexity index is 836. The van der Waals surface area contributed by atoms with Gasteiger partial charge in [0, 0.05) is 19.6 Å². The number of aliphatic carboxylic acids is 1. The molecule has 0 aliphatic carbocycles. The van der Waals surface area contributed by atoms with E-state index < -0.39 is 40.8 Å². The van der Waals surface area contributed by atoms with Gasteiger partial charge in [0.1, 0.15) is 5.60 Å². The number of hydrogen-bond acceptors (Lipinski definition) is 5. The van der Waals surface area contributed by atoms with Gasteiger partial charge >= 0.3 is 12.1 Å². The Balaban J connectivity index is 1.98. The molecule has 2 N–H and O–H groups in total. The third-order valence-corrected chi connectivity index (χ3v) is 5.93. The van der Waals surface area contributed by atoms with E-state index in [4.69, 9.17) is 9.47 Å². The summed E-state index contributed by atoms with van der Waals surface area (Å²) in [6.07, 6.45) is 0.595. The van der Waals surface area contributed by atoms with Crippen LogP contribution in [0.3, 0.4) is 0 Å². The molecule has 2 amide bonds. The maximum atomic E-state index is 13.6. The monoisotopic (exact) mass is 432 g/mol. The number of carboxylic acid groups (broad SMARTS) is 1. The van der Waals surface area contributed by atoms with E-state index in [-0.39, 0.29) is 19.4 Å². The number of rotatable bonds is 6. The van der Waals surface area contributed by atoms with Crippen molar-refractivity contribution in [3.05, 3.63) is 35.9 Å². The van der Waals surface area contributed by atoms with Crippen LogP contribution in [0.25, 0.3) is 0 Å². The maximum Gasteiger partial charge on any atom is 0.408 e. The van der Waals surface area contributed by atoms with Gasteiger partial charge in [0.15, 0.2) is 11.1 Å². The Hall–Kier alpha value is -2.61. The highest BCUT2D eigenvalue weighted by Gasteiger charge is 2.67. The number of carbonyl (C=O) groups is 3. The van der Waals surface area contributed by atoms with Crippen molar-refractivity contribution in [1.82, 2.24) is 10.2 Å². The van der Waals surface area contributed by atoms with E-state index in [9.17, 15) is 19.5 Å². The highest BCUT2D eigenvalue weighted by molar-refractivity contribution is 6.04. The van der Waals surface area contributed by atoms with E-state index in [1.165, 1.54) is 4.90 Å². The highest BCUT2D eigenvalue weighted by atomic mass is 16.6. The molecule has 3 atom stereocenters. The molecule has 1 aromatic rings. The van der Waals surface area contributed by atoms with Gasteiger partial charge in [-0.3, -0.25) is 9.59 Å². The van der Waals surface area contributed by atoms with Crippen molar-refractivity contribution in [3.63, 3.8) is 0 Å². The molecule has 3 rings (SSSR count). The van der Waals surface area contributed by atoms with Crippen LogP contribution in [0.5, 0.6) is 0 Å². The second-order valence-electron chi connectivity index (χ2n) is 9.30. The molecule has 0 bridgehead atoms. The summed E-state index contributed by atoms with van der Waals surface area (Å²) in [4.78, 5) is 40.1. The first-order chi connectivity index (χ1) is 14.5. The molecule has 2 saturated heterocycles. The lowest BCUT2D eigenvalue weighted by Gasteiger charge is -2.47. The van der Waals surface area contributed by atoms with Gasteiger partial charge in [-0.25, -0.2) is 4.79 Å². The van der Waals surface area contributed by atoms with Gasteiger partial charge in [0.05, 0.1) is 6.04 Å². The predicted octanol–water partition coefficient (Wildman–Crippen LogP) is 2.95. The van der Waals surface area contributed by atoms with Crippen LogP contribution < -0.4 is 5.32 Å². The van der Waals surface area contributed by atoms with Gasteiger partial charge in [-0.05, 0) is 52.5 Å². The average molecular weight is 433 g/mol. The van der Waals surface area contributed by atoms with E-state index in [2.05, 4.69) is 5.32 Å². The first-order valence-corrected chi connectivity index (χ1v) is 10.8. The van der Waals surface area contributed by atoms with Crippen molar-refractivity contribution >= 4 is 18.0 Å². The van der Waals surface area contributed by atoms with E-state index in [1.807, 2.05) is 30.3 Å². The summed E-state index contributed by atoms with van der Waals surface area (Å²) in [6.45, 7) is 7.77. The molecule has 0 unspecified atom stereocenters. The number of hydrogen-bond donors (Lipinski definition) is 2. The van der Waals surface area contributed by atoms with Gasteiger partial charge in [-0.15, -0.1) is 0 Å². The summed E-state index contributed by atoms with van der Waals surface area (Å²) in [7, 11) is 0. The highest BCUT2D eigenvalue weighted by Crippen LogP contribution is 2.50. The second-order valence-corrected chi connectivity index (χ2v) is 9.30. The Morgan fingerprint density at radius 3 is 2.52 bits per heavy atom. The molecule has 8 heteroatoms. The summed E-state index contributed by atoms with van der Waals surface area (Å²) >= 11 is 0. The Morgan fingerprint density at radius 1 is 1.26 bits per heavy atom. The number of amides is 2. The molecular formula is C23H32N2O6. The van der Waals surface area contributed by atoms with Crippen LogP contribution in [-0.4, -0.2) is 58.5 Å². The third kappa shape index (κ3) is 4.39. The predicted molar refractivity (Wildman–Crippen MR) is 113 cm³/mol. The minimum Gasteiger partial charge on any atom is -0.480 e. The summed E-state index contributed by atoms with van der Waals surface area (Å²) in [5, 5.41) is 13.1. The Kier molecular flexibility index (Phi) is 6.32. The van der Waals surface area contributed by atoms with Crippen LogP contribution in [0.1, 0.15) is 52.5 Å². The fourth-order valence-electron chi connectivity index (χ4n) is 4.75. The zero-order valence-electron chi connectivity index (χ0n) is 18.6. The van der Waals surface area contributed by atoms with Crippen molar-refractivity contribution in [2.24, 2.45) is 5.41 Å². The van der Waals surface area contributed by atoms with E-state index in [0.29, 0.717) is 19.4 Å². The summed E-state index contributed by atoms with van der Waals surface area (Å²) in [6, 6.07) is 8.56. The number of nitrogens with one attached hydrogen (secondary N) is 1. The molecule has 0 aromatic heterocycles. The number of nitrogens with zero attached hydrogens (tertiary/aromatic N) is 1. The molecule has 0 radical (unpaired) electrons. The molecule has 0 saturated carbocycles. The zero-order valence-corrected chi connectivity index (χ0v) is 18.6. The Morgan fingerprint density at radius 2 is 1.94 bits per heavy atom. The lowest BCUT2D eigenvalue weighted by Crippen LogP contribution is -2.64. The van der Waals surface area contributed by atoms with Crippen LogP contribution in [-0.2, 0) is 25.5 Å². The molecular weight excluding hydrogens is 400 g/mol. The second kappa shape index (κ2) is 8.49. The van der Waals surface area contributed by atoms with Crippen molar-refractivity contribution in [2.45, 2.75) is 70.7 Å². The first kappa shape index (κ1) is 23.1. The lowest BCUT2D eigenvalue weighted by atomic mass is 9.76. The Labute approximate surface area is 182 Å². The van der Waals surface area contributed by atoms with Crippen molar-refractivity contribution in [1.29, 1.82) is 0 Å². The number of alkyl carbamates (subject to hydrolysis) is 1. The average Bonchev–Trinajstić information content (AvgIpc) is 2.92. The van der Waals surface area contributed by atoms with Crippen LogP contribution in [0.4, 0.5) is 4.79 Å². The first-order valence-electron chi connectivity index (χ1n) is 10.8. The minimum absolute atomic E-state index is 0.0443. The fourth-order valence-corrected chi connectivity index (χ4v) is 4.75. The van der Waals surface area contributed by atoms with Gasteiger partial charge in [-0.1, -0.05) is 30.3 Å². The molecule has 2 heterocycles. The SMILES string of the molecule is CCO[C@@]12C[C@](Cc3ccccc3)(C(=O)O)C(=O)N1CCC[C@@H]2NC(=O)OC(C)(C)C. The van der Waals surface area contributed by atoms with Crippen LogP contribution in [0.15, 0.2) is 30.3 Å². The summed E-state index contributed by atoms with van der Waals surface area (Å²) < 4.78 is 11.5. The zero-order chi connectivity index (χ0) is 22.9. The molecule has 170 valence electrons. The van der Waals surface area contributed by atoms with Gasteiger partial charge in [-0.2, -0.15) is 0 Å². The van der Waals surface area contributed by atoms with Crippen molar-refractivity contribution in [2.75, 3.05) is 13.2 Å². The number of ether oxygens (including phenoxy) is 2. The molecule has 0 spiro atoms. The standard InChI is InChI=1S/C23H32N2O6/c1-5-30-23-15-22(19(27)28,14-16-10-7-6-8-11-16)18(26)25(23)13-9-12-17(23)24-20(29)31-21(2,3)4/h6-8,10-11,17H,5,9,12-15H2,1-4H3,(H,24,29)(H,27,28)/t17-,22-,23+/m0/s1. The maximum absolute atomic E-state index is 13.6. The van der Waals surface area contributed by atoms with Crippen LogP contribution in [0.2, 0.25) is 0 Å². The van der Waals surface area contributed by atoms with Crippen LogP contribution >= 0.6 is 0 Å². The normalized spacial score (nSPS) is 28.2. The van der Waals surface area contributed by atoms with Crippen molar-refractivity contribution < 1.29 is 29.0 Å². The van der Waals surface area contributed by atoms with E-state index in [1.54, 1.807) is 27.7 Å². The quantitative estimate of drug-likeness (QED) is 0.670. The molecule has 2 aliphatic rings. The fraction of sp³-hybridized carbons (Fsp3) is 0.609. The van der Waals surface area contributed by atoms with Crippen molar-refractivity contribution in [3.8, 4) is 0 Å². The van der Waals surface area contributed by atoms with Gasteiger partial charge in [0.2, 0.25) is 5.91 Å². The molecule has 2 aliphatic heterocycles. The third-order valence-electron chi connectivity index (χ3n) is 5.93. The number of fused-ring (bicyclic) bond motifs is 1. The molecule has 8 nitrogen and oxygen atoms in total. The van der Waals surface area contributed by atoms with Crippen LogP contribution in [0, 0.1) is 5.41 Å². The summed E-state index contributed by atoms with van der Waals surface area (Å²) in [5.41, 5.74) is -2.80. The minimum atomic E-state index is -1.66.